The maximum absolute atomic E-state index is 4.65. The highest BCUT2D eigenvalue weighted by Gasteiger charge is 2.07. The average Bonchev–Trinajstić information content (AvgIpc) is 3.17. The van der Waals surface area contributed by atoms with Gasteiger partial charge in [0.05, 0.1) is 5.69 Å². The number of nitrogens with zero attached hydrogens (tertiary/aromatic N) is 3. The Morgan fingerprint density at radius 3 is 2.87 bits per heavy atom. The van der Waals surface area contributed by atoms with Crippen LogP contribution in [-0.4, -0.2) is 14.5 Å². The van der Waals surface area contributed by atoms with Gasteiger partial charge in [-0.25, -0.2) is 9.97 Å². The molecule has 23 heavy (non-hydrogen) atoms. The highest BCUT2D eigenvalue weighted by atomic mass is 32.2. The number of aryl methyl sites for hydroxylation is 2. The summed E-state index contributed by atoms with van der Waals surface area (Å²) in [4.78, 5) is 9.07. The molecule has 0 aliphatic heterocycles. The van der Waals surface area contributed by atoms with E-state index in [1.165, 1.54) is 5.56 Å². The fourth-order valence-corrected chi connectivity index (χ4v) is 3.89. The normalized spacial score (nSPS) is 10.9. The molecule has 2 heterocycles. The monoisotopic (exact) mass is 344 g/mol. The Balaban J connectivity index is 1.58. The molecule has 0 aliphatic carbocycles. The van der Waals surface area contributed by atoms with Crippen LogP contribution < -0.4 is 5.32 Å². The summed E-state index contributed by atoms with van der Waals surface area (Å²) in [6, 6.07) is 8.35. The van der Waals surface area contributed by atoms with Crippen LogP contribution in [0.15, 0.2) is 47.2 Å². The van der Waals surface area contributed by atoms with Gasteiger partial charge in [0.15, 0.2) is 10.3 Å². The molecular formula is C17H20N4S2. The van der Waals surface area contributed by atoms with Crippen LogP contribution in [0.25, 0.3) is 0 Å². The van der Waals surface area contributed by atoms with E-state index in [4.69, 9.17) is 0 Å². The molecule has 0 spiro atoms. The number of thiazole rings is 1. The lowest BCUT2D eigenvalue weighted by Gasteiger charge is -2.04. The van der Waals surface area contributed by atoms with Gasteiger partial charge in [0.2, 0.25) is 0 Å². The molecule has 0 radical (unpaired) electrons. The fraction of sp³-hybridized carbons (Fsp3) is 0.294. The largest absolute Gasteiger partial charge is 0.332 e. The SMILES string of the molecule is CCCn1ccnc1SCc1csc(Nc2ccc(C)cc2)n1. The molecule has 0 bridgehead atoms. The lowest BCUT2D eigenvalue weighted by Crippen LogP contribution is -1.97. The van der Waals surface area contributed by atoms with Crippen molar-refractivity contribution < 1.29 is 0 Å². The molecule has 0 unspecified atom stereocenters. The molecule has 3 aromatic rings. The van der Waals surface area contributed by atoms with E-state index in [2.05, 4.69) is 63.3 Å². The van der Waals surface area contributed by atoms with Gasteiger partial charge in [0, 0.05) is 35.8 Å². The number of rotatable bonds is 7. The Bertz CT molecular complexity index is 746. The molecule has 0 saturated heterocycles. The van der Waals surface area contributed by atoms with E-state index in [1.54, 1.807) is 23.1 Å². The van der Waals surface area contributed by atoms with Gasteiger partial charge in [-0.15, -0.1) is 11.3 Å². The van der Waals surface area contributed by atoms with Crippen LogP contribution in [0.3, 0.4) is 0 Å². The molecule has 0 aliphatic rings. The Morgan fingerprint density at radius 2 is 2.09 bits per heavy atom. The molecule has 0 fully saturated rings. The predicted molar refractivity (Wildman–Crippen MR) is 98.7 cm³/mol. The lowest BCUT2D eigenvalue weighted by molar-refractivity contribution is 0.620. The highest BCUT2D eigenvalue weighted by Crippen LogP contribution is 2.26. The first kappa shape index (κ1) is 16.1. The van der Waals surface area contributed by atoms with Crippen LogP contribution in [0.5, 0.6) is 0 Å². The molecule has 1 aromatic carbocycles. The van der Waals surface area contributed by atoms with Crippen molar-refractivity contribution in [3.63, 3.8) is 0 Å². The summed E-state index contributed by atoms with van der Waals surface area (Å²) in [6.45, 7) is 5.28. The number of nitrogens with one attached hydrogen (secondary N) is 1. The second-order valence-corrected chi connectivity index (χ2v) is 7.13. The van der Waals surface area contributed by atoms with E-state index < -0.39 is 0 Å². The maximum Gasteiger partial charge on any atom is 0.187 e. The van der Waals surface area contributed by atoms with Crippen molar-refractivity contribution >= 4 is 33.9 Å². The van der Waals surface area contributed by atoms with Gasteiger partial charge >= 0.3 is 0 Å². The summed E-state index contributed by atoms with van der Waals surface area (Å²) in [7, 11) is 0. The predicted octanol–water partition coefficient (Wildman–Crippen LogP) is 5.09. The van der Waals surface area contributed by atoms with Crippen LogP contribution in [0.2, 0.25) is 0 Å². The first-order valence-corrected chi connectivity index (χ1v) is 9.53. The summed E-state index contributed by atoms with van der Waals surface area (Å²) < 4.78 is 2.20. The third-order valence-electron chi connectivity index (χ3n) is 3.35. The van der Waals surface area contributed by atoms with Gasteiger partial charge in [0.1, 0.15) is 0 Å². The van der Waals surface area contributed by atoms with Gasteiger partial charge < -0.3 is 9.88 Å². The number of hydrogen-bond acceptors (Lipinski definition) is 5. The minimum absolute atomic E-state index is 0.840. The summed E-state index contributed by atoms with van der Waals surface area (Å²) in [5.41, 5.74) is 3.41. The average molecular weight is 345 g/mol. The molecule has 4 nitrogen and oxygen atoms in total. The quantitative estimate of drug-likeness (QED) is 0.606. The van der Waals surface area contributed by atoms with Crippen molar-refractivity contribution in [3.05, 3.63) is 53.3 Å². The van der Waals surface area contributed by atoms with Crippen molar-refractivity contribution in [3.8, 4) is 0 Å². The Labute approximate surface area is 145 Å². The summed E-state index contributed by atoms with van der Waals surface area (Å²) in [5, 5.41) is 7.46. The van der Waals surface area contributed by atoms with E-state index in [0.29, 0.717) is 0 Å². The molecule has 0 saturated carbocycles. The fourth-order valence-electron chi connectivity index (χ4n) is 2.18. The van der Waals surface area contributed by atoms with Gasteiger partial charge in [0.25, 0.3) is 0 Å². The second-order valence-electron chi connectivity index (χ2n) is 5.33. The highest BCUT2D eigenvalue weighted by molar-refractivity contribution is 7.98. The maximum atomic E-state index is 4.65. The van der Waals surface area contributed by atoms with E-state index in [1.807, 2.05) is 12.4 Å². The Hall–Kier alpha value is -1.79. The molecule has 3 rings (SSSR count). The number of thioether (sulfide) groups is 1. The van der Waals surface area contributed by atoms with Crippen molar-refractivity contribution in [2.24, 2.45) is 0 Å². The van der Waals surface area contributed by atoms with Crippen LogP contribution in [0, 0.1) is 6.92 Å². The molecule has 6 heteroatoms. The number of benzene rings is 1. The van der Waals surface area contributed by atoms with Gasteiger partial charge in [-0.3, -0.25) is 0 Å². The van der Waals surface area contributed by atoms with E-state index >= 15 is 0 Å². The molecule has 2 aromatic heterocycles. The van der Waals surface area contributed by atoms with Gasteiger partial charge in [-0.2, -0.15) is 0 Å². The van der Waals surface area contributed by atoms with E-state index in [0.717, 1.165) is 40.4 Å². The minimum atomic E-state index is 0.840. The first-order chi connectivity index (χ1) is 11.2. The van der Waals surface area contributed by atoms with Crippen LogP contribution >= 0.6 is 23.1 Å². The summed E-state index contributed by atoms with van der Waals surface area (Å²) >= 11 is 3.37. The zero-order chi connectivity index (χ0) is 16.1. The number of aromatic nitrogens is 3. The van der Waals surface area contributed by atoms with Crippen molar-refractivity contribution in [2.45, 2.75) is 37.7 Å². The second kappa shape index (κ2) is 7.66. The molecule has 0 atom stereocenters. The van der Waals surface area contributed by atoms with Crippen molar-refractivity contribution in [2.75, 3.05) is 5.32 Å². The first-order valence-electron chi connectivity index (χ1n) is 7.66. The zero-order valence-electron chi connectivity index (χ0n) is 13.3. The Morgan fingerprint density at radius 1 is 1.26 bits per heavy atom. The third-order valence-corrected chi connectivity index (χ3v) is 5.19. The molecule has 120 valence electrons. The zero-order valence-corrected chi connectivity index (χ0v) is 15.0. The lowest BCUT2D eigenvalue weighted by atomic mass is 10.2. The van der Waals surface area contributed by atoms with Crippen LogP contribution in [0.1, 0.15) is 24.6 Å². The van der Waals surface area contributed by atoms with E-state index in [9.17, 15) is 0 Å². The topological polar surface area (TPSA) is 42.7 Å². The Kier molecular flexibility index (Phi) is 5.35. The van der Waals surface area contributed by atoms with Gasteiger partial charge in [-0.05, 0) is 25.5 Å². The minimum Gasteiger partial charge on any atom is -0.332 e. The standard InChI is InChI=1S/C17H20N4S2/c1-3-9-21-10-8-18-17(21)23-12-15-11-22-16(20-15)19-14-6-4-13(2)5-7-14/h4-8,10-11H,3,9,12H2,1-2H3,(H,19,20). The molecule has 1 N–H and O–H groups in total. The molecular weight excluding hydrogens is 324 g/mol. The smallest absolute Gasteiger partial charge is 0.187 e. The van der Waals surface area contributed by atoms with Crippen molar-refractivity contribution in [1.29, 1.82) is 0 Å². The van der Waals surface area contributed by atoms with Crippen molar-refractivity contribution in [1.82, 2.24) is 14.5 Å². The number of hydrogen-bond donors (Lipinski definition) is 1. The molecule has 0 amide bonds. The summed E-state index contributed by atoms with van der Waals surface area (Å²) in [6.07, 6.45) is 5.02. The third kappa shape index (κ3) is 4.36. The summed E-state index contributed by atoms with van der Waals surface area (Å²) in [5.74, 6) is 0.840. The number of anilines is 2. The number of imidazole rings is 1. The van der Waals surface area contributed by atoms with Gasteiger partial charge in [-0.1, -0.05) is 36.4 Å². The van der Waals surface area contributed by atoms with E-state index in [-0.39, 0.29) is 0 Å². The van der Waals surface area contributed by atoms with Crippen LogP contribution in [0.4, 0.5) is 10.8 Å². The van der Waals surface area contributed by atoms with Crippen LogP contribution in [-0.2, 0) is 12.3 Å².